The van der Waals surface area contributed by atoms with Crippen molar-refractivity contribution in [1.29, 1.82) is 0 Å². The van der Waals surface area contributed by atoms with Gasteiger partial charge in [0.1, 0.15) is 12.4 Å². The van der Waals surface area contributed by atoms with Gasteiger partial charge in [-0.25, -0.2) is 0 Å². The number of alkyl halides is 3. The summed E-state index contributed by atoms with van der Waals surface area (Å²) in [6.45, 7) is 2.59. The lowest BCUT2D eigenvalue weighted by Crippen LogP contribution is -2.47. The normalized spacial score (nSPS) is 14.2. The fourth-order valence-electron chi connectivity index (χ4n) is 2.77. The summed E-state index contributed by atoms with van der Waals surface area (Å²) in [5, 5.41) is 12.3. The molecule has 0 amide bonds. The van der Waals surface area contributed by atoms with Crippen molar-refractivity contribution in [1.82, 2.24) is 0 Å². The third-order valence-electron chi connectivity index (χ3n) is 4.62. The van der Waals surface area contributed by atoms with Crippen LogP contribution in [-0.4, -0.2) is 17.9 Å². The van der Waals surface area contributed by atoms with E-state index in [1.807, 2.05) is 24.3 Å². The van der Waals surface area contributed by atoms with Gasteiger partial charge in [0.2, 0.25) is 5.60 Å². The predicted octanol–water partition coefficient (Wildman–Crippen LogP) is 5.29. The van der Waals surface area contributed by atoms with Crippen molar-refractivity contribution in [2.75, 3.05) is 6.61 Å². The Morgan fingerprint density at radius 2 is 1.54 bits per heavy atom. The lowest BCUT2D eigenvalue weighted by molar-refractivity contribution is -0.275. The van der Waals surface area contributed by atoms with E-state index in [2.05, 4.69) is 0 Å². The zero-order chi connectivity index (χ0) is 18.9. The van der Waals surface area contributed by atoms with E-state index >= 15 is 0 Å². The molecule has 3 rings (SSSR count). The minimum absolute atomic E-state index is 0.228. The number of aryl methyl sites for hydroxylation is 2. The summed E-state index contributed by atoms with van der Waals surface area (Å²) < 4.78 is 46.3. The van der Waals surface area contributed by atoms with Crippen molar-refractivity contribution in [2.45, 2.75) is 25.6 Å². The summed E-state index contributed by atoms with van der Waals surface area (Å²) in [5.74, 6) is 0.273. The van der Waals surface area contributed by atoms with E-state index in [0.717, 1.165) is 16.3 Å². The summed E-state index contributed by atoms with van der Waals surface area (Å²) in [4.78, 5) is 0. The van der Waals surface area contributed by atoms with Gasteiger partial charge in [-0.2, -0.15) is 13.2 Å². The molecule has 0 aliphatic heterocycles. The Hall–Kier alpha value is -2.53. The van der Waals surface area contributed by atoms with Crippen LogP contribution >= 0.6 is 0 Å². The molecule has 26 heavy (non-hydrogen) atoms. The van der Waals surface area contributed by atoms with Crippen molar-refractivity contribution in [3.05, 3.63) is 77.4 Å². The quantitative estimate of drug-likeness (QED) is 0.685. The Labute approximate surface area is 149 Å². The number of fused-ring (bicyclic) bond motifs is 1. The molecule has 0 heterocycles. The first-order valence-electron chi connectivity index (χ1n) is 8.19. The molecule has 3 aromatic rings. The fraction of sp³-hybridized carbons (Fsp3) is 0.238. The van der Waals surface area contributed by atoms with Gasteiger partial charge in [-0.15, -0.1) is 0 Å². The van der Waals surface area contributed by atoms with Crippen LogP contribution in [0, 0.1) is 13.8 Å². The van der Waals surface area contributed by atoms with Gasteiger partial charge in [0.25, 0.3) is 0 Å². The molecule has 0 bridgehead atoms. The molecule has 0 aliphatic rings. The second kappa shape index (κ2) is 6.65. The molecule has 0 saturated heterocycles. The Balaban J connectivity index is 1.91. The van der Waals surface area contributed by atoms with Gasteiger partial charge >= 0.3 is 6.18 Å². The van der Waals surface area contributed by atoms with E-state index in [1.165, 1.54) is 12.1 Å². The number of hydrogen-bond donors (Lipinski definition) is 1. The van der Waals surface area contributed by atoms with Gasteiger partial charge in [-0.1, -0.05) is 48.5 Å². The van der Waals surface area contributed by atoms with Crippen molar-refractivity contribution in [3.63, 3.8) is 0 Å². The highest BCUT2D eigenvalue weighted by atomic mass is 19.4. The lowest BCUT2D eigenvalue weighted by Gasteiger charge is -2.31. The third kappa shape index (κ3) is 3.40. The molecule has 2 nitrogen and oxygen atoms in total. The molecule has 0 spiro atoms. The Morgan fingerprint density at radius 3 is 2.19 bits per heavy atom. The molecular weight excluding hydrogens is 341 g/mol. The minimum atomic E-state index is -4.87. The van der Waals surface area contributed by atoms with Crippen LogP contribution in [0.1, 0.15) is 16.7 Å². The zero-order valence-corrected chi connectivity index (χ0v) is 14.5. The van der Waals surface area contributed by atoms with Crippen LogP contribution in [-0.2, 0) is 5.60 Å². The number of halogens is 3. The van der Waals surface area contributed by atoms with Crippen LogP contribution in [0.15, 0.2) is 60.7 Å². The van der Waals surface area contributed by atoms with Gasteiger partial charge < -0.3 is 9.84 Å². The first kappa shape index (κ1) is 18.3. The highest BCUT2D eigenvalue weighted by Gasteiger charge is 2.56. The summed E-state index contributed by atoms with van der Waals surface area (Å²) in [5.41, 5.74) is -1.78. The lowest BCUT2D eigenvalue weighted by atomic mass is 9.91. The summed E-state index contributed by atoms with van der Waals surface area (Å²) in [7, 11) is 0. The molecule has 1 unspecified atom stereocenters. The molecule has 0 aliphatic carbocycles. The highest BCUT2D eigenvalue weighted by Crippen LogP contribution is 2.40. The first-order chi connectivity index (χ1) is 12.2. The number of aliphatic hydroxyl groups is 1. The molecule has 5 heteroatoms. The second-order valence-electron chi connectivity index (χ2n) is 6.45. The van der Waals surface area contributed by atoms with E-state index in [1.54, 1.807) is 38.1 Å². The first-order valence-corrected chi connectivity index (χ1v) is 8.19. The maximum absolute atomic E-state index is 13.6. The predicted molar refractivity (Wildman–Crippen MR) is 95.3 cm³/mol. The van der Waals surface area contributed by atoms with Crippen molar-refractivity contribution < 1.29 is 23.0 Å². The van der Waals surface area contributed by atoms with E-state index < -0.39 is 18.4 Å². The topological polar surface area (TPSA) is 29.5 Å². The van der Waals surface area contributed by atoms with Gasteiger partial charge in [-0.3, -0.25) is 0 Å². The largest absolute Gasteiger partial charge is 0.490 e. The Morgan fingerprint density at radius 1 is 0.846 bits per heavy atom. The third-order valence-corrected chi connectivity index (χ3v) is 4.62. The van der Waals surface area contributed by atoms with Crippen molar-refractivity contribution in [2.24, 2.45) is 0 Å². The van der Waals surface area contributed by atoms with E-state index in [4.69, 9.17) is 4.74 Å². The number of ether oxygens (including phenoxy) is 1. The fourth-order valence-corrected chi connectivity index (χ4v) is 2.77. The molecule has 1 atom stereocenters. The average molecular weight is 360 g/mol. The summed E-state index contributed by atoms with van der Waals surface area (Å²) in [6, 6.07) is 16.7. The second-order valence-corrected chi connectivity index (χ2v) is 6.45. The summed E-state index contributed by atoms with van der Waals surface area (Å²) in [6.07, 6.45) is -4.87. The number of rotatable bonds is 4. The smallest absolute Gasteiger partial charge is 0.424 e. The van der Waals surface area contributed by atoms with Gasteiger partial charge in [0, 0.05) is 0 Å². The van der Waals surface area contributed by atoms with Crippen LogP contribution in [0.3, 0.4) is 0 Å². The molecule has 136 valence electrons. The SMILES string of the molecule is Cc1ccc(C(O)(COc2ccc3ccccc3c2)C(F)(F)F)cc1C. The molecule has 0 aromatic heterocycles. The van der Waals surface area contributed by atoms with Crippen LogP contribution in [0.5, 0.6) is 5.75 Å². The molecule has 3 aromatic carbocycles. The van der Waals surface area contributed by atoms with E-state index in [0.29, 0.717) is 5.56 Å². The minimum Gasteiger partial charge on any atom is -0.490 e. The molecular formula is C21H19F3O2. The molecule has 0 saturated carbocycles. The van der Waals surface area contributed by atoms with Crippen molar-refractivity contribution >= 4 is 10.8 Å². The maximum Gasteiger partial charge on any atom is 0.424 e. The van der Waals surface area contributed by atoms with E-state index in [9.17, 15) is 18.3 Å². The van der Waals surface area contributed by atoms with Crippen LogP contribution in [0.25, 0.3) is 10.8 Å². The Kier molecular flexibility index (Phi) is 4.67. The van der Waals surface area contributed by atoms with Gasteiger partial charge in [0.05, 0.1) is 0 Å². The van der Waals surface area contributed by atoms with Gasteiger partial charge in [-0.05, 0) is 53.4 Å². The van der Waals surface area contributed by atoms with Crippen molar-refractivity contribution in [3.8, 4) is 5.75 Å². The van der Waals surface area contributed by atoms with Gasteiger partial charge in [0.15, 0.2) is 0 Å². The zero-order valence-electron chi connectivity index (χ0n) is 14.5. The molecule has 1 N–H and O–H groups in total. The van der Waals surface area contributed by atoms with Crippen LogP contribution in [0.4, 0.5) is 13.2 Å². The van der Waals surface area contributed by atoms with E-state index in [-0.39, 0.29) is 11.3 Å². The number of benzene rings is 3. The summed E-state index contributed by atoms with van der Waals surface area (Å²) >= 11 is 0. The molecule has 0 fully saturated rings. The number of hydrogen-bond acceptors (Lipinski definition) is 2. The molecule has 0 radical (unpaired) electrons. The Bertz CT molecular complexity index is 934. The van der Waals surface area contributed by atoms with Crippen LogP contribution < -0.4 is 4.74 Å². The standard InChI is InChI=1S/C21H19F3O2/c1-14-7-9-18(11-15(14)2)20(25,21(22,23)24)13-26-19-10-8-16-5-3-4-6-17(16)12-19/h3-12,25H,13H2,1-2H3. The van der Waals surface area contributed by atoms with Crippen LogP contribution in [0.2, 0.25) is 0 Å². The maximum atomic E-state index is 13.6. The average Bonchev–Trinajstić information content (AvgIpc) is 2.60. The highest BCUT2D eigenvalue weighted by molar-refractivity contribution is 5.83. The monoisotopic (exact) mass is 360 g/mol.